The molecular weight excluding hydrogens is 485 g/mol. The second kappa shape index (κ2) is 9.80. The Hall–Kier alpha value is -4.01. The van der Waals surface area contributed by atoms with Gasteiger partial charge in [-0.05, 0) is 73.7 Å². The van der Waals surface area contributed by atoms with E-state index < -0.39 is 11.7 Å². The first-order valence-corrected chi connectivity index (χ1v) is 12.0. The minimum Gasteiger partial charge on any atom is -0.494 e. The van der Waals surface area contributed by atoms with Crippen LogP contribution in [-0.2, 0) is 6.18 Å². The lowest BCUT2D eigenvalue weighted by Gasteiger charge is -2.20. The number of carbonyl (C=O) groups is 2. The molecule has 0 spiro atoms. The number of likely N-dealkylation sites (tertiary alicyclic amines) is 1. The number of benzene rings is 3. The Balaban J connectivity index is 1.12. The summed E-state index contributed by atoms with van der Waals surface area (Å²) in [6, 6.07) is 18.0. The minimum atomic E-state index is -4.41. The van der Waals surface area contributed by atoms with Crippen molar-refractivity contribution in [1.29, 1.82) is 0 Å². The molecule has 2 aliphatic rings. The van der Waals surface area contributed by atoms with Crippen LogP contribution in [-0.4, -0.2) is 42.5 Å². The van der Waals surface area contributed by atoms with E-state index >= 15 is 0 Å². The van der Waals surface area contributed by atoms with Gasteiger partial charge in [0, 0.05) is 42.1 Å². The first-order valence-electron chi connectivity index (χ1n) is 12.0. The Morgan fingerprint density at radius 2 is 1.51 bits per heavy atom. The lowest BCUT2D eigenvalue weighted by Crippen LogP contribution is -2.37. The number of rotatable bonds is 7. The number of carbonyl (C=O) groups excluding carboxylic acids is 2. The third-order valence-electron chi connectivity index (χ3n) is 6.70. The highest BCUT2D eigenvalue weighted by atomic mass is 19.4. The summed E-state index contributed by atoms with van der Waals surface area (Å²) in [5.74, 6) is 1.53. The molecular formula is C28H25F3N2O4. The average molecular weight is 511 g/mol. The number of amides is 2. The van der Waals surface area contributed by atoms with Gasteiger partial charge in [0.15, 0.2) is 0 Å². The molecule has 9 heteroatoms. The number of ether oxygens (including phenoxy) is 2. The molecule has 1 saturated carbocycles. The maximum absolute atomic E-state index is 12.9. The van der Waals surface area contributed by atoms with Crippen molar-refractivity contribution < 1.29 is 32.2 Å². The fourth-order valence-corrected chi connectivity index (χ4v) is 4.73. The Bertz CT molecular complexity index is 1280. The van der Waals surface area contributed by atoms with Crippen LogP contribution in [0.3, 0.4) is 0 Å². The van der Waals surface area contributed by atoms with Crippen LogP contribution in [0.5, 0.6) is 17.2 Å². The molecule has 37 heavy (non-hydrogen) atoms. The highest BCUT2D eigenvalue weighted by Crippen LogP contribution is 2.46. The largest absolute Gasteiger partial charge is 0.494 e. The van der Waals surface area contributed by atoms with Gasteiger partial charge in [0.25, 0.3) is 11.8 Å². The predicted octanol–water partition coefficient (Wildman–Crippen LogP) is 5.40. The standard InChI is InChI=1S/C28H25F3N2O4/c1-2-36-22-5-3-4-18(14-22)27(35)33-15-23-24(16-33)25(23)32-26(34)17-6-10-20(11-7-17)37-21-12-8-19(9-13-21)28(29,30)31/h3-14,23-25H,2,15-16H2,1H3,(H,32,34)/t23-,24+,25?. The average Bonchev–Trinajstić information content (AvgIpc) is 3.30. The van der Waals surface area contributed by atoms with E-state index in [1.807, 2.05) is 17.9 Å². The lowest BCUT2D eigenvalue weighted by molar-refractivity contribution is -0.137. The number of nitrogens with one attached hydrogen (secondary N) is 1. The number of fused-ring (bicyclic) bond motifs is 1. The maximum atomic E-state index is 12.9. The van der Waals surface area contributed by atoms with Crippen LogP contribution in [0.1, 0.15) is 33.2 Å². The monoisotopic (exact) mass is 510 g/mol. The molecule has 3 aromatic rings. The summed E-state index contributed by atoms with van der Waals surface area (Å²) in [6.45, 7) is 3.60. The van der Waals surface area contributed by atoms with E-state index in [-0.39, 0.29) is 35.4 Å². The van der Waals surface area contributed by atoms with E-state index in [9.17, 15) is 22.8 Å². The smallest absolute Gasteiger partial charge is 0.416 e. The van der Waals surface area contributed by atoms with Crippen molar-refractivity contribution in [3.05, 3.63) is 89.5 Å². The number of piperidine rings is 1. The zero-order chi connectivity index (χ0) is 26.2. The molecule has 192 valence electrons. The summed E-state index contributed by atoms with van der Waals surface area (Å²) >= 11 is 0. The molecule has 5 rings (SSSR count). The summed E-state index contributed by atoms with van der Waals surface area (Å²) in [5, 5.41) is 3.04. The zero-order valence-electron chi connectivity index (χ0n) is 20.0. The van der Waals surface area contributed by atoms with Crippen LogP contribution >= 0.6 is 0 Å². The van der Waals surface area contributed by atoms with Crippen molar-refractivity contribution in [2.75, 3.05) is 19.7 Å². The molecule has 0 bridgehead atoms. The van der Waals surface area contributed by atoms with Gasteiger partial charge < -0.3 is 19.7 Å². The fourth-order valence-electron chi connectivity index (χ4n) is 4.73. The fraction of sp³-hybridized carbons (Fsp3) is 0.286. The van der Waals surface area contributed by atoms with Gasteiger partial charge in [-0.15, -0.1) is 0 Å². The number of halogens is 3. The SMILES string of the molecule is CCOc1cccc(C(=O)N2C[C@@H]3C(NC(=O)c4ccc(Oc5ccc(C(F)(F)F)cc5)cc4)[C@@H]3C2)c1. The van der Waals surface area contributed by atoms with Gasteiger partial charge in [0.05, 0.1) is 12.2 Å². The molecule has 3 atom stereocenters. The van der Waals surface area contributed by atoms with Crippen LogP contribution in [0.15, 0.2) is 72.8 Å². The third-order valence-corrected chi connectivity index (χ3v) is 6.70. The van der Waals surface area contributed by atoms with Gasteiger partial charge in [-0.2, -0.15) is 13.2 Å². The van der Waals surface area contributed by atoms with Gasteiger partial charge in [-0.3, -0.25) is 9.59 Å². The minimum absolute atomic E-state index is 0.0226. The Labute approximate surface area is 212 Å². The van der Waals surface area contributed by atoms with Crippen LogP contribution in [0.2, 0.25) is 0 Å². The Morgan fingerprint density at radius 3 is 2.11 bits per heavy atom. The van der Waals surface area contributed by atoms with Crippen molar-refractivity contribution in [3.8, 4) is 17.2 Å². The summed E-state index contributed by atoms with van der Waals surface area (Å²) in [7, 11) is 0. The number of alkyl halides is 3. The van der Waals surface area contributed by atoms with Gasteiger partial charge in [-0.25, -0.2) is 0 Å². The van der Waals surface area contributed by atoms with E-state index in [1.165, 1.54) is 12.1 Å². The lowest BCUT2D eigenvalue weighted by atomic mass is 10.1. The maximum Gasteiger partial charge on any atom is 0.416 e. The van der Waals surface area contributed by atoms with E-state index in [0.717, 1.165) is 12.1 Å². The van der Waals surface area contributed by atoms with Crippen LogP contribution in [0.25, 0.3) is 0 Å². The van der Waals surface area contributed by atoms with Crippen LogP contribution in [0.4, 0.5) is 13.2 Å². The van der Waals surface area contributed by atoms with Crippen molar-refractivity contribution >= 4 is 11.8 Å². The highest BCUT2D eigenvalue weighted by Gasteiger charge is 2.57. The number of hydrogen-bond acceptors (Lipinski definition) is 4. The first kappa shape index (κ1) is 24.7. The quantitative estimate of drug-likeness (QED) is 0.463. The van der Waals surface area contributed by atoms with Crippen molar-refractivity contribution in [2.24, 2.45) is 11.8 Å². The van der Waals surface area contributed by atoms with Crippen molar-refractivity contribution in [1.82, 2.24) is 10.2 Å². The Kier molecular flexibility index (Phi) is 6.54. The number of hydrogen-bond donors (Lipinski definition) is 1. The molecule has 2 amide bonds. The zero-order valence-corrected chi connectivity index (χ0v) is 20.0. The van der Waals surface area contributed by atoms with E-state index in [1.54, 1.807) is 42.5 Å². The molecule has 0 aromatic heterocycles. The van der Waals surface area contributed by atoms with E-state index in [4.69, 9.17) is 9.47 Å². The highest BCUT2D eigenvalue weighted by molar-refractivity contribution is 5.96. The van der Waals surface area contributed by atoms with Gasteiger partial charge in [0.1, 0.15) is 17.2 Å². The molecule has 1 aliphatic heterocycles. The van der Waals surface area contributed by atoms with Crippen molar-refractivity contribution in [3.63, 3.8) is 0 Å². The summed E-state index contributed by atoms with van der Waals surface area (Å²) < 4.78 is 49.2. The molecule has 1 saturated heterocycles. The third kappa shape index (κ3) is 5.40. The summed E-state index contributed by atoms with van der Waals surface area (Å²) in [5.41, 5.74) is 0.289. The van der Waals surface area contributed by atoms with Gasteiger partial charge >= 0.3 is 6.18 Å². The van der Waals surface area contributed by atoms with Crippen molar-refractivity contribution in [2.45, 2.75) is 19.1 Å². The van der Waals surface area contributed by atoms with Crippen LogP contribution in [0, 0.1) is 11.8 Å². The normalized spacial score (nSPS) is 20.2. The molecule has 2 fully saturated rings. The molecule has 1 unspecified atom stereocenters. The van der Waals surface area contributed by atoms with Crippen LogP contribution < -0.4 is 14.8 Å². The molecule has 3 aromatic carbocycles. The number of nitrogens with zero attached hydrogens (tertiary/aromatic N) is 1. The summed E-state index contributed by atoms with van der Waals surface area (Å²) in [6.07, 6.45) is -4.41. The Morgan fingerprint density at radius 1 is 0.892 bits per heavy atom. The predicted molar refractivity (Wildman–Crippen MR) is 130 cm³/mol. The molecule has 1 aliphatic carbocycles. The van der Waals surface area contributed by atoms with E-state index in [2.05, 4.69) is 5.32 Å². The van der Waals surface area contributed by atoms with E-state index in [0.29, 0.717) is 42.3 Å². The molecule has 0 radical (unpaired) electrons. The topological polar surface area (TPSA) is 67.9 Å². The van der Waals surface area contributed by atoms with Gasteiger partial charge in [0.2, 0.25) is 0 Å². The molecule has 1 heterocycles. The second-order valence-corrected chi connectivity index (χ2v) is 9.15. The van der Waals surface area contributed by atoms with Gasteiger partial charge in [-0.1, -0.05) is 6.07 Å². The second-order valence-electron chi connectivity index (χ2n) is 9.15. The summed E-state index contributed by atoms with van der Waals surface area (Å²) in [4.78, 5) is 27.4. The molecule has 1 N–H and O–H groups in total. The first-order chi connectivity index (χ1) is 17.7. The molecule has 6 nitrogen and oxygen atoms in total.